The fourth-order valence-electron chi connectivity index (χ4n) is 4.12. The summed E-state index contributed by atoms with van der Waals surface area (Å²) in [5.74, 6) is 0.945. The molecule has 1 saturated heterocycles. The summed E-state index contributed by atoms with van der Waals surface area (Å²) in [6, 6.07) is 9.95. The molecule has 0 bridgehead atoms. The summed E-state index contributed by atoms with van der Waals surface area (Å²) < 4.78 is 0. The zero-order chi connectivity index (χ0) is 18.4. The van der Waals surface area contributed by atoms with Gasteiger partial charge >= 0.3 is 0 Å². The molecule has 2 N–H and O–H groups in total. The van der Waals surface area contributed by atoms with E-state index in [-0.39, 0.29) is 0 Å². The van der Waals surface area contributed by atoms with Crippen LogP contribution < -0.4 is 15.5 Å². The van der Waals surface area contributed by atoms with E-state index in [0.29, 0.717) is 12.6 Å². The second kappa shape index (κ2) is 9.26. The Morgan fingerprint density at radius 1 is 1.23 bits per heavy atom. The molecule has 1 aromatic rings. The summed E-state index contributed by atoms with van der Waals surface area (Å²) in [7, 11) is 4.15. The molecular formula is C21H35N5. The Balaban J connectivity index is 1.56. The maximum absolute atomic E-state index is 4.83. The standard InChI is InChI=1S/C21H35N5/c1-4-22-21(23-15-17-8-7-11-20(14-17)25(2)3)24-18-12-13-26(16-18)19-9-5-6-10-19/h7-8,11,14,18-19H,4-6,9-10,12-13,15-16H2,1-3H3,(H2,22,23,24). The molecule has 3 rings (SSSR count). The number of aliphatic imine (C=N–C) groups is 1. The van der Waals surface area contributed by atoms with Gasteiger partial charge in [0.25, 0.3) is 0 Å². The van der Waals surface area contributed by atoms with E-state index in [1.165, 1.54) is 49.9 Å². The molecule has 1 aliphatic carbocycles. The van der Waals surface area contributed by atoms with Gasteiger partial charge in [0, 0.05) is 51.5 Å². The van der Waals surface area contributed by atoms with E-state index < -0.39 is 0 Å². The maximum Gasteiger partial charge on any atom is 0.191 e. The van der Waals surface area contributed by atoms with E-state index in [2.05, 4.69) is 65.7 Å². The third-order valence-corrected chi connectivity index (χ3v) is 5.59. The lowest BCUT2D eigenvalue weighted by atomic mass is 10.2. The molecule has 5 nitrogen and oxygen atoms in total. The molecule has 0 aromatic heterocycles. The number of hydrogen-bond acceptors (Lipinski definition) is 3. The second-order valence-corrected chi connectivity index (χ2v) is 7.82. The Bertz CT molecular complexity index is 592. The van der Waals surface area contributed by atoms with Gasteiger partial charge in [0.15, 0.2) is 5.96 Å². The monoisotopic (exact) mass is 357 g/mol. The van der Waals surface area contributed by atoms with Crippen LogP contribution in [0.2, 0.25) is 0 Å². The zero-order valence-electron chi connectivity index (χ0n) is 16.7. The van der Waals surface area contributed by atoms with E-state index in [4.69, 9.17) is 4.99 Å². The lowest BCUT2D eigenvalue weighted by molar-refractivity contribution is 0.242. The molecule has 2 aliphatic rings. The summed E-state index contributed by atoms with van der Waals surface area (Å²) >= 11 is 0. The molecule has 0 amide bonds. The highest BCUT2D eigenvalue weighted by Crippen LogP contribution is 2.26. The molecule has 0 radical (unpaired) electrons. The summed E-state index contributed by atoms with van der Waals surface area (Å²) in [6.45, 7) is 6.11. The average molecular weight is 358 g/mol. The largest absolute Gasteiger partial charge is 0.378 e. The van der Waals surface area contributed by atoms with Gasteiger partial charge in [-0.3, -0.25) is 4.90 Å². The van der Waals surface area contributed by atoms with Crippen molar-refractivity contribution in [3.8, 4) is 0 Å². The maximum atomic E-state index is 4.83. The van der Waals surface area contributed by atoms with Gasteiger partial charge in [-0.25, -0.2) is 4.99 Å². The van der Waals surface area contributed by atoms with Crippen LogP contribution in [0.5, 0.6) is 0 Å². The first-order valence-electron chi connectivity index (χ1n) is 10.2. The van der Waals surface area contributed by atoms with Gasteiger partial charge in [0.05, 0.1) is 6.54 Å². The van der Waals surface area contributed by atoms with Crippen LogP contribution in [-0.2, 0) is 6.54 Å². The van der Waals surface area contributed by atoms with Crippen molar-refractivity contribution >= 4 is 11.6 Å². The Labute approximate surface area is 158 Å². The number of rotatable bonds is 6. The van der Waals surface area contributed by atoms with Crippen molar-refractivity contribution in [2.45, 2.75) is 57.7 Å². The normalized spacial score (nSPS) is 22.0. The van der Waals surface area contributed by atoms with E-state index in [0.717, 1.165) is 25.1 Å². The average Bonchev–Trinajstić information content (AvgIpc) is 3.31. The lowest BCUT2D eigenvalue weighted by Crippen LogP contribution is -2.45. The first-order chi connectivity index (χ1) is 12.7. The number of nitrogens with zero attached hydrogens (tertiary/aromatic N) is 3. The summed E-state index contributed by atoms with van der Waals surface area (Å²) in [6.07, 6.45) is 6.83. The molecule has 26 heavy (non-hydrogen) atoms. The highest BCUT2D eigenvalue weighted by Gasteiger charge is 2.30. The number of hydrogen-bond donors (Lipinski definition) is 2. The summed E-state index contributed by atoms with van der Waals surface area (Å²) in [5, 5.41) is 7.08. The molecule has 0 spiro atoms. The van der Waals surface area contributed by atoms with E-state index in [1.807, 2.05) is 0 Å². The number of nitrogens with one attached hydrogen (secondary N) is 2. The first kappa shape index (κ1) is 19.0. The van der Waals surface area contributed by atoms with Crippen LogP contribution in [0.3, 0.4) is 0 Å². The minimum absolute atomic E-state index is 0.515. The van der Waals surface area contributed by atoms with Gasteiger partial charge in [-0.1, -0.05) is 25.0 Å². The summed E-state index contributed by atoms with van der Waals surface area (Å²) in [4.78, 5) is 9.65. The number of benzene rings is 1. The van der Waals surface area contributed by atoms with Crippen LogP contribution in [0, 0.1) is 0 Å². The predicted molar refractivity (Wildman–Crippen MR) is 111 cm³/mol. The van der Waals surface area contributed by atoms with Crippen LogP contribution in [0.4, 0.5) is 5.69 Å². The third kappa shape index (κ3) is 5.13. The van der Waals surface area contributed by atoms with Crippen molar-refractivity contribution in [1.29, 1.82) is 0 Å². The number of guanidine groups is 1. The topological polar surface area (TPSA) is 42.9 Å². The van der Waals surface area contributed by atoms with Gasteiger partial charge in [0.2, 0.25) is 0 Å². The molecule has 1 saturated carbocycles. The van der Waals surface area contributed by atoms with Crippen molar-refractivity contribution in [2.75, 3.05) is 38.6 Å². The quantitative estimate of drug-likeness (QED) is 0.607. The number of anilines is 1. The Hall–Kier alpha value is -1.75. The van der Waals surface area contributed by atoms with Crippen molar-refractivity contribution in [1.82, 2.24) is 15.5 Å². The van der Waals surface area contributed by atoms with Crippen molar-refractivity contribution < 1.29 is 0 Å². The van der Waals surface area contributed by atoms with Crippen LogP contribution in [0.25, 0.3) is 0 Å². The second-order valence-electron chi connectivity index (χ2n) is 7.82. The van der Waals surface area contributed by atoms with Gasteiger partial charge < -0.3 is 15.5 Å². The zero-order valence-corrected chi connectivity index (χ0v) is 16.7. The highest BCUT2D eigenvalue weighted by atomic mass is 15.3. The molecule has 1 atom stereocenters. The Morgan fingerprint density at radius 2 is 2.04 bits per heavy atom. The van der Waals surface area contributed by atoms with Gasteiger partial charge in [-0.05, 0) is 43.9 Å². The fraction of sp³-hybridized carbons (Fsp3) is 0.667. The van der Waals surface area contributed by atoms with Crippen LogP contribution >= 0.6 is 0 Å². The Kier molecular flexibility index (Phi) is 6.78. The molecule has 1 unspecified atom stereocenters. The molecule has 1 heterocycles. The molecule has 1 aliphatic heterocycles. The highest BCUT2D eigenvalue weighted by molar-refractivity contribution is 5.80. The predicted octanol–water partition coefficient (Wildman–Crippen LogP) is 2.82. The fourth-order valence-corrected chi connectivity index (χ4v) is 4.12. The van der Waals surface area contributed by atoms with Gasteiger partial charge in [-0.15, -0.1) is 0 Å². The minimum atomic E-state index is 0.515. The SMILES string of the molecule is CCNC(=NCc1cccc(N(C)C)c1)NC1CCN(C2CCCC2)C1. The van der Waals surface area contributed by atoms with Gasteiger partial charge in [0.1, 0.15) is 0 Å². The molecule has 1 aromatic carbocycles. The molecule has 144 valence electrons. The van der Waals surface area contributed by atoms with Crippen LogP contribution in [0.15, 0.2) is 29.3 Å². The van der Waals surface area contributed by atoms with Crippen molar-refractivity contribution in [2.24, 2.45) is 4.99 Å². The van der Waals surface area contributed by atoms with Gasteiger partial charge in [-0.2, -0.15) is 0 Å². The minimum Gasteiger partial charge on any atom is -0.378 e. The van der Waals surface area contributed by atoms with E-state index >= 15 is 0 Å². The van der Waals surface area contributed by atoms with E-state index in [1.54, 1.807) is 0 Å². The summed E-state index contributed by atoms with van der Waals surface area (Å²) in [5.41, 5.74) is 2.46. The van der Waals surface area contributed by atoms with Crippen molar-refractivity contribution in [3.63, 3.8) is 0 Å². The van der Waals surface area contributed by atoms with Crippen molar-refractivity contribution in [3.05, 3.63) is 29.8 Å². The molecule has 2 fully saturated rings. The van der Waals surface area contributed by atoms with Crippen LogP contribution in [0.1, 0.15) is 44.6 Å². The Morgan fingerprint density at radius 3 is 2.77 bits per heavy atom. The smallest absolute Gasteiger partial charge is 0.191 e. The number of likely N-dealkylation sites (tertiary alicyclic amines) is 1. The first-order valence-corrected chi connectivity index (χ1v) is 10.2. The molecule has 5 heteroatoms. The van der Waals surface area contributed by atoms with E-state index in [9.17, 15) is 0 Å². The van der Waals surface area contributed by atoms with Crippen LogP contribution in [-0.4, -0.2) is 56.7 Å². The molecular weight excluding hydrogens is 322 g/mol. The third-order valence-electron chi connectivity index (χ3n) is 5.59. The lowest BCUT2D eigenvalue weighted by Gasteiger charge is -2.24.